The number of amides is 1. The summed E-state index contributed by atoms with van der Waals surface area (Å²) in [5.41, 5.74) is -6.38. The summed E-state index contributed by atoms with van der Waals surface area (Å²) in [5, 5.41) is 9.22. The minimum absolute atomic E-state index is 0.00614. The van der Waals surface area contributed by atoms with Gasteiger partial charge in [0.05, 0.1) is 19.3 Å². The first-order valence-corrected chi connectivity index (χ1v) is 7.74. The lowest BCUT2D eigenvalue weighted by atomic mass is 9.74. The van der Waals surface area contributed by atoms with Gasteiger partial charge in [-0.25, -0.2) is 9.59 Å². The average molecular weight is 407 g/mol. The van der Waals surface area contributed by atoms with Gasteiger partial charge in [0, 0.05) is 6.08 Å². The van der Waals surface area contributed by atoms with Gasteiger partial charge in [-0.1, -0.05) is 6.08 Å². The molecule has 1 amide bonds. The van der Waals surface area contributed by atoms with Crippen molar-refractivity contribution in [2.24, 2.45) is 5.41 Å². The van der Waals surface area contributed by atoms with Crippen molar-refractivity contribution in [2.75, 3.05) is 13.2 Å². The quantitative estimate of drug-likeness (QED) is 0.427. The number of rotatable bonds is 5. The Morgan fingerprint density at radius 1 is 1.22 bits per heavy atom. The average Bonchev–Trinajstić information content (AvgIpc) is 2.76. The summed E-state index contributed by atoms with van der Waals surface area (Å²) < 4.78 is 91.8. The second kappa shape index (κ2) is 7.56. The smallest absolute Gasteiger partial charge is 0.409 e. The van der Waals surface area contributed by atoms with E-state index >= 15 is 0 Å². The minimum Gasteiger partial charge on any atom is -0.465 e. The van der Waals surface area contributed by atoms with E-state index in [1.165, 1.54) is 6.92 Å². The predicted molar refractivity (Wildman–Crippen MR) is 78.6 cm³/mol. The Hall–Kier alpha value is -1.98. The first-order chi connectivity index (χ1) is 12.1. The molecule has 6 nitrogen and oxygen atoms in total. The molecule has 1 N–H and O–H groups in total. The van der Waals surface area contributed by atoms with Crippen LogP contribution in [0.4, 0.5) is 31.1 Å². The summed E-state index contributed by atoms with van der Waals surface area (Å²) in [5.74, 6) is -1.12. The van der Waals surface area contributed by atoms with Crippen molar-refractivity contribution in [3.63, 3.8) is 0 Å². The molecule has 0 saturated carbocycles. The fourth-order valence-electron chi connectivity index (χ4n) is 2.97. The molecule has 1 aliphatic heterocycles. The topological polar surface area (TPSA) is 76.1 Å². The van der Waals surface area contributed by atoms with Crippen molar-refractivity contribution < 1.29 is 50.5 Å². The van der Waals surface area contributed by atoms with E-state index in [-0.39, 0.29) is 11.5 Å². The number of halogens is 6. The third kappa shape index (κ3) is 4.30. The number of carbonyl (C=O) groups excluding carboxylic acids is 1. The predicted octanol–water partition coefficient (Wildman–Crippen LogP) is 3.72. The lowest BCUT2D eigenvalue weighted by Gasteiger charge is -2.44. The van der Waals surface area contributed by atoms with Gasteiger partial charge in [0.1, 0.15) is 5.72 Å². The molecule has 0 aromatic carbocycles. The monoisotopic (exact) mass is 407 g/mol. The van der Waals surface area contributed by atoms with Crippen molar-refractivity contribution in [3.8, 4) is 0 Å². The van der Waals surface area contributed by atoms with E-state index in [2.05, 4.69) is 4.74 Å². The van der Waals surface area contributed by atoms with E-state index in [4.69, 9.17) is 4.74 Å². The Morgan fingerprint density at radius 2 is 1.74 bits per heavy atom. The normalized spacial score (nSPS) is 20.9. The highest BCUT2D eigenvalue weighted by atomic mass is 19.4. The molecule has 0 aromatic heterocycles. The molecule has 0 bridgehead atoms. The molecule has 1 aliphatic rings. The van der Waals surface area contributed by atoms with Gasteiger partial charge in [0.15, 0.2) is 5.41 Å². The van der Waals surface area contributed by atoms with Crippen molar-refractivity contribution in [2.45, 2.75) is 51.3 Å². The van der Waals surface area contributed by atoms with Gasteiger partial charge in [-0.15, -0.1) is 0 Å². The zero-order valence-corrected chi connectivity index (χ0v) is 14.6. The lowest BCUT2D eigenvalue weighted by Crippen LogP contribution is -2.64. The molecule has 156 valence electrons. The van der Waals surface area contributed by atoms with Crippen LogP contribution in [0.15, 0.2) is 12.2 Å². The summed E-state index contributed by atoms with van der Waals surface area (Å²) in [6.45, 7) is 2.26. The number of ether oxygens (including phenoxy) is 2. The van der Waals surface area contributed by atoms with Crippen LogP contribution in [0.5, 0.6) is 0 Å². The highest BCUT2D eigenvalue weighted by Gasteiger charge is 2.76. The Kier molecular flexibility index (Phi) is 6.46. The van der Waals surface area contributed by atoms with Crippen molar-refractivity contribution in [1.82, 2.24) is 4.90 Å². The fourth-order valence-corrected chi connectivity index (χ4v) is 2.97. The second-order valence-corrected chi connectivity index (χ2v) is 6.25. The summed E-state index contributed by atoms with van der Waals surface area (Å²) >= 11 is 0. The number of esters is 1. The molecule has 0 aliphatic carbocycles. The largest absolute Gasteiger partial charge is 0.465 e. The molecule has 0 aromatic rings. The van der Waals surface area contributed by atoms with Gasteiger partial charge in [-0.05, 0) is 27.2 Å². The molecule has 1 fully saturated rings. The van der Waals surface area contributed by atoms with E-state index in [1.54, 1.807) is 0 Å². The highest BCUT2D eigenvalue weighted by molar-refractivity contribution is 5.81. The summed E-state index contributed by atoms with van der Waals surface area (Å²) in [6.07, 6.45) is -14.6. The fraction of sp³-hybridized carbons (Fsp3) is 0.733. The Morgan fingerprint density at radius 3 is 2.15 bits per heavy atom. The number of nitrogens with zero attached hydrogens (tertiary/aromatic N) is 1. The minimum atomic E-state index is -5.88. The molecular weight excluding hydrogens is 388 g/mol. The van der Waals surface area contributed by atoms with Gasteiger partial charge in [0.2, 0.25) is 0 Å². The van der Waals surface area contributed by atoms with Crippen LogP contribution in [0.3, 0.4) is 0 Å². The maximum atomic E-state index is 13.7. The number of carbonyl (C=O) groups is 2. The zero-order chi connectivity index (χ0) is 21.3. The highest BCUT2D eigenvalue weighted by Crippen LogP contribution is 2.58. The van der Waals surface area contributed by atoms with Crippen LogP contribution in [0, 0.1) is 5.41 Å². The first-order valence-electron chi connectivity index (χ1n) is 7.74. The molecule has 27 heavy (non-hydrogen) atoms. The number of carboxylic acid groups (broad SMARTS) is 1. The van der Waals surface area contributed by atoms with E-state index in [9.17, 15) is 41.0 Å². The van der Waals surface area contributed by atoms with Gasteiger partial charge in [-0.2, -0.15) is 26.3 Å². The van der Waals surface area contributed by atoms with Crippen molar-refractivity contribution in [1.29, 1.82) is 0 Å². The summed E-state index contributed by atoms with van der Waals surface area (Å²) in [7, 11) is 0. The number of allylic oxidation sites excluding steroid dienone is 1. The van der Waals surface area contributed by atoms with Crippen LogP contribution in [0.2, 0.25) is 0 Å². The number of alkyl halides is 6. The Labute approximate surface area is 150 Å². The molecule has 1 heterocycles. The van der Waals surface area contributed by atoms with Crippen LogP contribution < -0.4 is 0 Å². The molecule has 0 spiro atoms. The van der Waals surface area contributed by atoms with E-state index in [1.807, 2.05) is 0 Å². The molecule has 12 heteroatoms. The van der Waals surface area contributed by atoms with Gasteiger partial charge in [0.25, 0.3) is 0 Å². The third-order valence-electron chi connectivity index (χ3n) is 4.25. The van der Waals surface area contributed by atoms with E-state index in [0.29, 0.717) is 12.2 Å². The van der Waals surface area contributed by atoms with Gasteiger partial charge >= 0.3 is 24.4 Å². The standard InChI is InChI=1S/C15H19F6NO5/c1-4-26-10(23)6-5-7-13(14(16,17)18,15(19,20)21)9-8-27-12(2,3)22(9)11(24)25/h5-6,9H,4,7-8H2,1-3H3,(H,24,25). The van der Waals surface area contributed by atoms with Crippen LogP contribution in [-0.4, -0.2) is 59.4 Å². The molecule has 1 rings (SSSR count). The van der Waals surface area contributed by atoms with Crippen LogP contribution in [0.25, 0.3) is 0 Å². The van der Waals surface area contributed by atoms with Gasteiger partial charge < -0.3 is 14.6 Å². The molecule has 1 saturated heterocycles. The van der Waals surface area contributed by atoms with Gasteiger partial charge in [-0.3, -0.25) is 4.90 Å². The maximum Gasteiger partial charge on any atom is 0.409 e. The molecule has 0 radical (unpaired) electrons. The number of hydrogen-bond donors (Lipinski definition) is 1. The lowest BCUT2D eigenvalue weighted by molar-refractivity contribution is -0.353. The zero-order valence-electron chi connectivity index (χ0n) is 14.6. The van der Waals surface area contributed by atoms with Crippen molar-refractivity contribution >= 4 is 12.1 Å². The summed E-state index contributed by atoms with van der Waals surface area (Å²) in [4.78, 5) is 22.6. The van der Waals surface area contributed by atoms with Crippen LogP contribution in [0.1, 0.15) is 27.2 Å². The molecular formula is C15H19F6NO5. The third-order valence-corrected chi connectivity index (χ3v) is 4.25. The Balaban J connectivity index is 3.50. The van der Waals surface area contributed by atoms with E-state index < -0.39 is 54.6 Å². The van der Waals surface area contributed by atoms with Crippen molar-refractivity contribution in [3.05, 3.63) is 12.2 Å². The van der Waals surface area contributed by atoms with Crippen LogP contribution in [-0.2, 0) is 14.3 Å². The van der Waals surface area contributed by atoms with E-state index in [0.717, 1.165) is 13.8 Å². The van der Waals surface area contributed by atoms with Crippen LogP contribution >= 0.6 is 0 Å². The Bertz CT molecular complexity index is 584. The maximum absolute atomic E-state index is 13.7. The molecule has 1 unspecified atom stereocenters. The SMILES string of the molecule is CCOC(=O)C=CCC(C1COC(C)(C)N1C(=O)O)(C(F)(F)F)C(F)(F)F. The number of hydrogen-bond acceptors (Lipinski definition) is 4. The summed E-state index contributed by atoms with van der Waals surface area (Å²) in [6, 6.07) is -2.60. The first kappa shape index (κ1) is 23.1. The molecule has 1 atom stereocenters. The second-order valence-electron chi connectivity index (χ2n) is 6.25.